The minimum absolute atomic E-state index is 0.0643. The van der Waals surface area contributed by atoms with Gasteiger partial charge in [0.25, 0.3) is 0 Å². The largest absolute Gasteiger partial charge is 0.382 e. The smallest absolute Gasteiger partial charge is 0.220 e. The number of amides is 1. The summed E-state index contributed by atoms with van der Waals surface area (Å²) in [5.41, 5.74) is 5.84. The van der Waals surface area contributed by atoms with E-state index in [9.17, 15) is 4.79 Å². The molecule has 0 aliphatic carbocycles. The van der Waals surface area contributed by atoms with Crippen LogP contribution in [0.5, 0.6) is 0 Å². The number of ether oxygens (including phenoxy) is 2. The fraction of sp³-hybridized carbons (Fsp3) is 0.933. The van der Waals surface area contributed by atoms with Gasteiger partial charge in [-0.1, -0.05) is 20.8 Å². The van der Waals surface area contributed by atoms with Crippen LogP contribution in [0.15, 0.2) is 0 Å². The first kappa shape index (κ1) is 19.4. The Morgan fingerprint density at radius 1 is 1.25 bits per heavy atom. The van der Waals surface area contributed by atoms with Gasteiger partial charge < -0.3 is 20.5 Å². The van der Waals surface area contributed by atoms with Gasteiger partial charge in [0.05, 0.1) is 12.7 Å². The van der Waals surface area contributed by atoms with Crippen LogP contribution >= 0.6 is 0 Å². The molecule has 0 spiro atoms. The highest BCUT2D eigenvalue weighted by Crippen LogP contribution is 2.31. The molecule has 0 aromatic carbocycles. The Morgan fingerprint density at radius 2 is 1.90 bits per heavy atom. The van der Waals surface area contributed by atoms with Gasteiger partial charge in [-0.25, -0.2) is 0 Å². The normalized spacial score (nSPS) is 14.9. The third-order valence-corrected chi connectivity index (χ3v) is 3.67. The molecule has 0 bridgehead atoms. The van der Waals surface area contributed by atoms with Gasteiger partial charge in [-0.15, -0.1) is 0 Å². The standard InChI is InChI=1S/C15H32N2O3/c1-15(2,3)12(8-9-16)6-7-14(18)17-10-13(20-5)11-19-4/h12-13H,6-11,16H2,1-5H3,(H,17,18). The number of methoxy groups -OCH3 is 2. The van der Waals surface area contributed by atoms with E-state index in [1.54, 1.807) is 14.2 Å². The van der Waals surface area contributed by atoms with Crippen molar-refractivity contribution in [2.45, 2.75) is 46.1 Å². The Hall–Kier alpha value is -0.650. The minimum Gasteiger partial charge on any atom is -0.382 e. The summed E-state index contributed by atoms with van der Waals surface area (Å²) in [5.74, 6) is 0.532. The molecule has 0 rings (SSSR count). The van der Waals surface area contributed by atoms with Crippen molar-refractivity contribution in [3.05, 3.63) is 0 Å². The SMILES string of the molecule is COCC(CNC(=O)CCC(CCN)C(C)(C)C)OC. The second kappa shape index (κ2) is 10.1. The molecule has 0 heterocycles. The van der Waals surface area contributed by atoms with Crippen LogP contribution < -0.4 is 11.1 Å². The van der Waals surface area contributed by atoms with Crippen LogP contribution in [0.3, 0.4) is 0 Å². The van der Waals surface area contributed by atoms with Gasteiger partial charge in [-0.05, 0) is 30.7 Å². The van der Waals surface area contributed by atoms with Crippen LogP contribution in [0.2, 0.25) is 0 Å². The Bertz CT molecular complexity index is 264. The highest BCUT2D eigenvalue weighted by molar-refractivity contribution is 5.75. The van der Waals surface area contributed by atoms with Crippen molar-refractivity contribution in [2.24, 2.45) is 17.1 Å². The summed E-state index contributed by atoms with van der Waals surface area (Å²) < 4.78 is 10.2. The molecule has 0 aliphatic heterocycles. The number of nitrogens with one attached hydrogen (secondary N) is 1. The van der Waals surface area contributed by atoms with Gasteiger partial charge in [0.15, 0.2) is 0 Å². The third-order valence-electron chi connectivity index (χ3n) is 3.67. The lowest BCUT2D eigenvalue weighted by Crippen LogP contribution is -2.36. The fourth-order valence-corrected chi connectivity index (χ4v) is 2.23. The summed E-state index contributed by atoms with van der Waals surface area (Å²) in [6.07, 6.45) is 2.27. The maximum atomic E-state index is 11.9. The van der Waals surface area contributed by atoms with Crippen LogP contribution in [-0.2, 0) is 14.3 Å². The van der Waals surface area contributed by atoms with E-state index in [1.807, 2.05) is 0 Å². The van der Waals surface area contributed by atoms with Crippen molar-refractivity contribution in [3.63, 3.8) is 0 Å². The molecule has 0 radical (unpaired) electrons. The molecule has 120 valence electrons. The first-order valence-electron chi connectivity index (χ1n) is 7.33. The summed E-state index contributed by atoms with van der Waals surface area (Å²) in [7, 11) is 3.24. The molecular formula is C15H32N2O3. The number of hydrogen-bond acceptors (Lipinski definition) is 4. The van der Waals surface area contributed by atoms with E-state index in [2.05, 4.69) is 26.1 Å². The van der Waals surface area contributed by atoms with E-state index in [0.717, 1.165) is 12.8 Å². The Morgan fingerprint density at radius 3 is 2.35 bits per heavy atom. The average molecular weight is 288 g/mol. The molecule has 20 heavy (non-hydrogen) atoms. The lowest BCUT2D eigenvalue weighted by atomic mass is 9.76. The molecule has 0 saturated heterocycles. The topological polar surface area (TPSA) is 73.6 Å². The first-order chi connectivity index (χ1) is 9.35. The van der Waals surface area contributed by atoms with Crippen LogP contribution in [-0.4, -0.2) is 45.9 Å². The van der Waals surface area contributed by atoms with Crippen molar-refractivity contribution < 1.29 is 14.3 Å². The van der Waals surface area contributed by atoms with Gasteiger partial charge in [-0.2, -0.15) is 0 Å². The van der Waals surface area contributed by atoms with Gasteiger partial charge in [0.1, 0.15) is 0 Å². The van der Waals surface area contributed by atoms with Gasteiger partial charge in [-0.3, -0.25) is 4.79 Å². The zero-order valence-electron chi connectivity index (χ0n) is 13.7. The summed E-state index contributed by atoms with van der Waals surface area (Å²) >= 11 is 0. The van der Waals surface area contributed by atoms with Crippen molar-refractivity contribution in [3.8, 4) is 0 Å². The molecule has 0 aliphatic rings. The number of rotatable bonds is 10. The molecule has 0 aromatic heterocycles. The second-order valence-electron chi connectivity index (χ2n) is 6.30. The first-order valence-corrected chi connectivity index (χ1v) is 7.33. The molecular weight excluding hydrogens is 256 g/mol. The van der Waals surface area contributed by atoms with Crippen LogP contribution in [0.4, 0.5) is 0 Å². The molecule has 2 atom stereocenters. The summed E-state index contributed by atoms with van der Waals surface area (Å²) in [6, 6.07) is 0. The molecule has 0 saturated carbocycles. The summed E-state index contributed by atoms with van der Waals surface area (Å²) in [4.78, 5) is 11.9. The molecule has 1 amide bonds. The summed E-state index contributed by atoms with van der Waals surface area (Å²) in [6.45, 7) is 8.23. The quantitative estimate of drug-likeness (QED) is 0.640. The predicted octanol–water partition coefficient (Wildman–Crippen LogP) is 1.56. The number of nitrogens with two attached hydrogens (primary N) is 1. The monoisotopic (exact) mass is 288 g/mol. The lowest BCUT2D eigenvalue weighted by Gasteiger charge is -2.30. The zero-order chi connectivity index (χ0) is 15.6. The second-order valence-corrected chi connectivity index (χ2v) is 6.30. The Labute approximate surface area is 123 Å². The van der Waals surface area contributed by atoms with E-state index >= 15 is 0 Å². The van der Waals surface area contributed by atoms with E-state index in [-0.39, 0.29) is 17.4 Å². The number of carbonyl (C=O) groups excluding carboxylic acids is 1. The average Bonchev–Trinajstić information content (AvgIpc) is 2.37. The fourth-order valence-electron chi connectivity index (χ4n) is 2.23. The number of hydrogen-bond donors (Lipinski definition) is 2. The van der Waals surface area contributed by atoms with Gasteiger partial charge in [0.2, 0.25) is 5.91 Å². The van der Waals surface area contributed by atoms with Crippen molar-refractivity contribution in [2.75, 3.05) is 33.9 Å². The molecule has 3 N–H and O–H groups in total. The maximum Gasteiger partial charge on any atom is 0.220 e. The summed E-state index contributed by atoms with van der Waals surface area (Å²) in [5, 5.41) is 2.89. The van der Waals surface area contributed by atoms with Gasteiger partial charge >= 0.3 is 0 Å². The van der Waals surface area contributed by atoms with E-state index in [4.69, 9.17) is 15.2 Å². The molecule has 5 nitrogen and oxygen atoms in total. The Balaban J connectivity index is 4.07. The zero-order valence-corrected chi connectivity index (χ0v) is 13.7. The minimum atomic E-state index is -0.0913. The molecule has 0 aromatic rings. The predicted molar refractivity (Wildman–Crippen MR) is 81.5 cm³/mol. The van der Waals surface area contributed by atoms with Crippen molar-refractivity contribution in [1.82, 2.24) is 5.32 Å². The highest BCUT2D eigenvalue weighted by atomic mass is 16.5. The number of carbonyl (C=O) groups is 1. The Kier molecular flexibility index (Phi) is 9.80. The molecule has 2 unspecified atom stereocenters. The van der Waals surface area contributed by atoms with Gasteiger partial charge in [0, 0.05) is 27.2 Å². The molecule has 0 fully saturated rings. The van der Waals surface area contributed by atoms with E-state index in [0.29, 0.717) is 32.0 Å². The molecule has 5 heteroatoms. The van der Waals surface area contributed by atoms with E-state index in [1.165, 1.54) is 0 Å². The van der Waals surface area contributed by atoms with Crippen LogP contribution in [0.1, 0.15) is 40.0 Å². The van der Waals surface area contributed by atoms with Crippen molar-refractivity contribution in [1.29, 1.82) is 0 Å². The third kappa shape index (κ3) is 8.51. The van der Waals surface area contributed by atoms with Crippen molar-refractivity contribution >= 4 is 5.91 Å². The lowest BCUT2D eigenvalue weighted by molar-refractivity contribution is -0.122. The maximum absolute atomic E-state index is 11.9. The van der Waals surface area contributed by atoms with Crippen LogP contribution in [0, 0.1) is 11.3 Å². The van der Waals surface area contributed by atoms with Crippen LogP contribution in [0.25, 0.3) is 0 Å². The highest BCUT2D eigenvalue weighted by Gasteiger charge is 2.24. The van der Waals surface area contributed by atoms with E-state index < -0.39 is 0 Å².